The second-order valence-corrected chi connectivity index (χ2v) is 7.02. The van der Waals surface area contributed by atoms with Crippen molar-refractivity contribution in [2.75, 3.05) is 19.6 Å². The number of pyridine rings is 1. The van der Waals surface area contributed by atoms with E-state index in [4.69, 9.17) is 4.74 Å². The Morgan fingerprint density at radius 2 is 1.96 bits per heavy atom. The highest BCUT2D eigenvalue weighted by molar-refractivity contribution is 5.94. The predicted molar refractivity (Wildman–Crippen MR) is 95.9 cm³/mol. The van der Waals surface area contributed by atoms with Crippen LogP contribution in [0.1, 0.15) is 28.8 Å². The monoisotopic (exact) mass is 337 g/mol. The van der Waals surface area contributed by atoms with E-state index in [1.807, 2.05) is 43.3 Å². The zero-order valence-electron chi connectivity index (χ0n) is 14.4. The lowest BCUT2D eigenvalue weighted by Gasteiger charge is -2.44. The van der Waals surface area contributed by atoms with E-state index in [0.29, 0.717) is 23.1 Å². The van der Waals surface area contributed by atoms with Crippen LogP contribution in [0.5, 0.6) is 11.6 Å². The molecule has 1 amide bonds. The fraction of sp³-hybridized carbons (Fsp3) is 0.400. The molecule has 5 rings (SSSR count). The van der Waals surface area contributed by atoms with Crippen LogP contribution in [-0.2, 0) is 0 Å². The Morgan fingerprint density at radius 3 is 2.60 bits per heavy atom. The van der Waals surface area contributed by atoms with E-state index >= 15 is 0 Å². The fourth-order valence-electron chi connectivity index (χ4n) is 3.74. The third kappa shape index (κ3) is 3.66. The molecule has 3 aliphatic rings. The minimum absolute atomic E-state index is 0.000944. The van der Waals surface area contributed by atoms with Crippen molar-refractivity contribution in [3.8, 4) is 11.6 Å². The summed E-state index contributed by atoms with van der Waals surface area (Å²) in [6.45, 7) is 5.33. The van der Waals surface area contributed by atoms with E-state index in [1.165, 1.54) is 25.9 Å². The molecule has 0 spiro atoms. The number of ether oxygens (including phenoxy) is 1. The fourth-order valence-corrected chi connectivity index (χ4v) is 3.74. The predicted octanol–water partition coefficient (Wildman–Crippen LogP) is 3.01. The maximum atomic E-state index is 12.5. The Hall–Kier alpha value is -2.40. The molecule has 3 saturated heterocycles. The van der Waals surface area contributed by atoms with Crippen molar-refractivity contribution >= 4 is 5.91 Å². The van der Waals surface area contributed by atoms with Gasteiger partial charge < -0.3 is 15.0 Å². The van der Waals surface area contributed by atoms with Gasteiger partial charge in [-0.3, -0.25) is 4.79 Å². The van der Waals surface area contributed by atoms with E-state index < -0.39 is 0 Å². The van der Waals surface area contributed by atoms with Gasteiger partial charge in [0.1, 0.15) is 5.75 Å². The number of piperidine rings is 3. The molecule has 5 heteroatoms. The minimum Gasteiger partial charge on any atom is -0.439 e. The number of benzene rings is 1. The molecule has 2 aromatic rings. The average Bonchev–Trinajstić information content (AvgIpc) is 2.63. The van der Waals surface area contributed by atoms with E-state index in [-0.39, 0.29) is 11.9 Å². The van der Waals surface area contributed by atoms with E-state index in [0.717, 1.165) is 12.1 Å². The summed E-state index contributed by atoms with van der Waals surface area (Å²) >= 11 is 0. The highest BCUT2D eigenvalue weighted by Gasteiger charge is 2.34. The highest BCUT2D eigenvalue weighted by atomic mass is 16.5. The van der Waals surface area contributed by atoms with E-state index in [2.05, 4.69) is 15.2 Å². The standard InChI is InChI=1S/C20H23N3O2/c1-14-6-9-21-19(12-14)25-17-4-2-16(3-5-17)20(24)22-18-13-23-10-7-15(18)8-11-23/h2-6,9,12,15,18H,7-8,10-11,13H2,1H3,(H,22,24). The number of aryl methyl sites for hydroxylation is 1. The molecule has 3 fully saturated rings. The van der Waals surface area contributed by atoms with E-state index in [1.54, 1.807) is 6.20 Å². The van der Waals surface area contributed by atoms with Gasteiger partial charge in [0.25, 0.3) is 5.91 Å². The number of hydrogen-bond acceptors (Lipinski definition) is 4. The van der Waals surface area contributed by atoms with Crippen molar-refractivity contribution in [2.45, 2.75) is 25.8 Å². The molecular formula is C20H23N3O2. The maximum absolute atomic E-state index is 12.5. The first-order valence-corrected chi connectivity index (χ1v) is 8.91. The van der Waals surface area contributed by atoms with Crippen LogP contribution in [0, 0.1) is 12.8 Å². The van der Waals surface area contributed by atoms with Crippen molar-refractivity contribution in [3.05, 3.63) is 53.7 Å². The van der Waals surface area contributed by atoms with E-state index in [9.17, 15) is 4.79 Å². The summed E-state index contributed by atoms with van der Waals surface area (Å²) < 4.78 is 5.73. The van der Waals surface area contributed by atoms with Crippen molar-refractivity contribution in [3.63, 3.8) is 0 Å². The first-order valence-electron chi connectivity index (χ1n) is 8.91. The first kappa shape index (κ1) is 16.1. The summed E-state index contributed by atoms with van der Waals surface area (Å²) in [5, 5.41) is 3.21. The molecule has 25 heavy (non-hydrogen) atoms. The van der Waals surface area contributed by atoms with Gasteiger partial charge in [-0.05, 0) is 74.7 Å². The van der Waals surface area contributed by atoms with Crippen molar-refractivity contribution in [1.82, 2.24) is 15.2 Å². The van der Waals surface area contributed by atoms with Crippen LogP contribution in [0.25, 0.3) is 0 Å². The number of carbonyl (C=O) groups excluding carboxylic acids is 1. The van der Waals surface area contributed by atoms with Crippen molar-refractivity contribution in [1.29, 1.82) is 0 Å². The molecule has 0 saturated carbocycles. The summed E-state index contributed by atoms with van der Waals surface area (Å²) in [5.74, 6) is 1.87. The number of hydrogen-bond donors (Lipinski definition) is 1. The maximum Gasteiger partial charge on any atom is 0.251 e. The van der Waals surface area contributed by atoms with Crippen LogP contribution < -0.4 is 10.1 Å². The quantitative estimate of drug-likeness (QED) is 0.932. The first-order chi connectivity index (χ1) is 12.2. The van der Waals surface area contributed by atoms with Gasteiger partial charge in [0.15, 0.2) is 0 Å². The minimum atomic E-state index is -0.000944. The third-order valence-electron chi connectivity index (χ3n) is 5.20. The SMILES string of the molecule is Cc1ccnc(Oc2ccc(C(=O)NC3CN4CCC3CC4)cc2)c1. The van der Waals surface area contributed by atoms with Crippen LogP contribution >= 0.6 is 0 Å². The zero-order chi connectivity index (χ0) is 17.2. The van der Waals surface area contributed by atoms with Gasteiger partial charge in [0.2, 0.25) is 5.88 Å². The number of nitrogens with zero attached hydrogens (tertiary/aromatic N) is 2. The van der Waals surface area contributed by atoms with Crippen LogP contribution in [0.3, 0.4) is 0 Å². The summed E-state index contributed by atoms with van der Waals surface area (Å²) in [4.78, 5) is 19.1. The molecule has 0 radical (unpaired) electrons. The number of nitrogens with one attached hydrogen (secondary N) is 1. The molecule has 130 valence electrons. The molecule has 1 aromatic heterocycles. The van der Waals surface area contributed by atoms with Gasteiger partial charge in [-0.2, -0.15) is 0 Å². The van der Waals surface area contributed by atoms with Crippen LogP contribution in [0.4, 0.5) is 0 Å². The molecule has 3 aliphatic heterocycles. The van der Waals surface area contributed by atoms with Gasteiger partial charge in [0.05, 0.1) is 0 Å². The summed E-state index contributed by atoms with van der Waals surface area (Å²) in [6, 6.07) is 11.3. The number of fused-ring (bicyclic) bond motifs is 3. The number of rotatable bonds is 4. The molecule has 2 bridgehead atoms. The Bertz CT molecular complexity index is 752. The Balaban J connectivity index is 1.39. The lowest BCUT2D eigenvalue weighted by Crippen LogP contribution is -2.57. The summed E-state index contributed by atoms with van der Waals surface area (Å²) in [6.07, 6.45) is 4.11. The Labute approximate surface area is 148 Å². The topological polar surface area (TPSA) is 54.5 Å². The average molecular weight is 337 g/mol. The van der Waals surface area contributed by atoms with Gasteiger partial charge in [-0.25, -0.2) is 4.98 Å². The molecule has 1 unspecified atom stereocenters. The lowest BCUT2D eigenvalue weighted by atomic mass is 9.84. The molecule has 1 aromatic carbocycles. The van der Waals surface area contributed by atoms with Gasteiger partial charge >= 0.3 is 0 Å². The molecule has 4 heterocycles. The number of aromatic nitrogens is 1. The van der Waals surface area contributed by atoms with Crippen LogP contribution in [-0.4, -0.2) is 41.5 Å². The van der Waals surface area contributed by atoms with Crippen LogP contribution in [0.15, 0.2) is 42.6 Å². The summed E-state index contributed by atoms with van der Waals surface area (Å²) in [5.41, 5.74) is 1.76. The Morgan fingerprint density at radius 1 is 1.20 bits per heavy atom. The van der Waals surface area contributed by atoms with Crippen LogP contribution in [0.2, 0.25) is 0 Å². The third-order valence-corrected chi connectivity index (χ3v) is 5.20. The van der Waals surface area contributed by atoms with Gasteiger partial charge in [0, 0.05) is 30.4 Å². The Kier molecular flexibility index (Phi) is 4.40. The number of carbonyl (C=O) groups is 1. The number of amides is 1. The molecule has 1 N–H and O–H groups in total. The van der Waals surface area contributed by atoms with Crippen molar-refractivity contribution < 1.29 is 9.53 Å². The zero-order valence-corrected chi connectivity index (χ0v) is 14.4. The van der Waals surface area contributed by atoms with Gasteiger partial charge in [-0.15, -0.1) is 0 Å². The molecule has 1 atom stereocenters. The lowest BCUT2D eigenvalue weighted by molar-refractivity contribution is 0.0620. The highest BCUT2D eigenvalue weighted by Crippen LogP contribution is 2.28. The summed E-state index contributed by atoms with van der Waals surface area (Å²) in [7, 11) is 0. The normalized spacial score (nSPS) is 24.8. The molecular weight excluding hydrogens is 314 g/mol. The smallest absolute Gasteiger partial charge is 0.251 e. The second kappa shape index (κ2) is 6.84. The second-order valence-electron chi connectivity index (χ2n) is 7.02. The largest absolute Gasteiger partial charge is 0.439 e. The molecule has 5 nitrogen and oxygen atoms in total. The molecule has 0 aliphatic carbocycles. The van der Waals surface area contributed by atoms with Gasteiger partial charge in [-0.1, -0.05) is 0 Å². The van der Waals surface area contributed by atoms with Crippen molar-refractivity contribution in [2.24, 2.45) is 5.92 Å².